The highest BCUT2D eigenvalue weighted by atomic mass is 32.2. The Labute approximate surface area is 180 Å². The van der Waals surface area contributed by atoms with Gasteiger partial charge < -0.3 is 4.98 Å². The third-order valence-electron chi connectivity index (χ3n) is 6.28. The predicted octanol–water partition coefficient (Wildman–Crippen LogP) is 2.74. The number of benzene rings is 1. The number of hydrogen-bond donors (Lipinski definition) is 1. The van der Waals surface area contributed by atoms with Gasteiger partial charge in [-0.1, -0.05) is 24.3 Å². The van der Waals surface area contributed by atoms with E-state index in [4.69, 9.17) is 4.98 Å². The van der Waals surface area contributed by atoms with Crippen molar-refractivity contribution in [3.05, 3.63) is 65.9 Å². The number of nitrogens with zero attached hydrogens (tertiary/aromatic N) is 5. The van der Waals surface area contributed by atoms with Gasteiger partial charge in [-0.15, -0.1) is 0 Å². The topological polar surface area (TPSA) is 96.8 Å². The molecule has 1 unspecified atom stereocenters. The fourth-order valence-electron chi connectivity index (χ4n) is 4.44. The van der Waals surface area contributed by atoms with E-state index < -0.39 is 10.0 Å². The molecule has 1 atom stereocenters. The van der Waals surface area contributed by atoms with Crippen molar-refractivity contribution >= 4 is 21.2 Å². The van der Waals surface area contributed by atoms with Gasteiger partial charge in [-0.25, -0.2) is 18.4 Å². The smallest absolute Gasteiger partial charge is 0.256 e. The molecule has 1 saturated carbocycles. The third kappa shape index (κ3) is 2.99. The molecule has 4 aromatic rings. The van der Waals surface area contributed by atoms with Gasteiger partial charge in [0.25, 0.3) is 10.0 Å². The van der Waals surface area contributed by atoms with Crippen LogP contribution in [0.2, 0.25) is 0 Å². The molecule has 9 heteroatoms. The van der Waals surface area contributed by atoms with E-state index in [1.165, 1.54) is 11.1 Å². The summed E-state index contributed by atoms with van der Waals surface area (Å²) in [5, 5.41) is 3.82. The summed E-state index contributed by atoms with van der Waals surface area (Å²) in [6.07, 6.45) is 9.23. The maximum Gasteiger partial charge on any atom is 0.256 e. The minimum atomic E-state index is -3.40. The zero-order valence-corrected chi connectivity index (χ0v) is 17.9. The monoisotopic (exact) mass is 434 g/mol. The second-order valence-corrected chi connectivity index (χ2v) is 10.4. The number of nitrogens with one attached hydrogen (secondary N) is 1. The number of likely N-dealkylation sites (N-methyl/N-ethyl adjacent to an activating group) is 1. The molecular weight excluding hydrogens is 412 g/mol. The van der Waals surface area contributed by atoms with Crippen LogP contribution in [0.15, 0.2) is 49.1 Å². The summed E-state index contributed by atoms with van der Waals surface area (Å²) in [5.41, 5.74) is 6.37. The van der Waals surface area contributed by atoms with Crippen LogP contribution in [0.4, 0.5) is 0 Å². The summed E-state index contributed by atoms with van der Waals surface area (Å²) in [5.74, 6) is 0. The molecule has 0 bridgehead atoms. The molecule has 0 radical (unpaired) electrons. The fourth-order valence-corrected chi connectivity index (χ4v) is 5.91. The number of hydrogen-bond acceptors (Lipinski definition) is 6. The van der Waals surface area contributed by atoms with Crippen molar-refractivity contribution in [2.75, 3.05) is 13.6 Å². The third-order valence-corrected chi connectivity index (χ3v) is 8.32. The SMILES string of the molecule is CN1CCc2ccccc2C1c1cnc2[nH]cc(-c3cnn(S(=O)(=O)C4CC4)c3)c2n1. The maximum absolute atomic E-state index is 12.5. The van der Waals surface area contributed by atoms with Crippen molar-refractivity contribution < 1.29 is 8.42 Å². The Balaban J connectivity index is 1.44. The fraction of sp³-hybridized carbons (Fsp3) is 0.318. The van der Waals surface area contributed by atoms with Crippen LogP contribution in [-0.2, 0) is 16.4 Å². The van der Waals surface area contributed by atoms with Gasteiger partial charge in [-0.3, -0.25) is 4.90 Å². The van der Waals surface area contributed by atoms with E-state index in [1.807, 2.05) is 12.4 Å². The number of rotatable bonds is 4. The van der Waals surface area contributed by atoms with Crippen LogP contribution in [0.25, 0.3) is 22.3 Å². The maximum atomic E-state index is 12.5. The van der Waals surface area contributed by atoms with Crippen LogP contribution in [-0.4, -0.2) is 56.3 Å². The molecule has 8 nitrogen and oxygen atoms in total. The molecule has 1 aliphatic carbocycles. The van der Waals surface area contributed by atoms with Gasteiger partial charge in [0, 0.05) is 23.9 Å². The standard InChI is InChI=1S/C22H22N6O2S/c1-27-9-8-14-4-2-3-5-17(14)21(27)19-12-24-22-20(26-19)18(11-23-22)15-10-25-28(13-15)31(29,30)16-6-7-16/h2-5,10-13,16,21H,6-9H2,1H3,(H,23,24). The number of aromatic amines is 1. The summed E-state index contributed by atoms with van der Waals surface area (Å²) in [4.78, 5) is 15.0. The zero-order chi connectivity index (χ0) is 21.2. The molecule has 1 aromatic carbocycles. The molecule has 31 heavy (non-hydrogen) atoms. The van der Waals surface area contributed by atoms with Crippen LogP contribution in [0, 0.1) is 0 Å². The Kier molecular flexibility index (Phi) is 4.06. The van der Waals surface area contributed by atoms with E-state index >= 15 is 0 Å². The van der Waals surface area contributed by atoms with E-state index in [2.05, 4.69) is 51.3 Å². The average Bonchev–Trinajstić information content (AvgIpc) is 3.38. The van der Waals surface area contributed by atoms with Crippen molar-refractivity contribution in [2.45, 2.75) is 30.6 Å². The molecule has 1 aliphatic heterocycles. The lowest BCUT2D eigenvalue weighted by atomic mass is 9.91. The molecule has 1 N–H and O–H groups in total. The van der Waals surface area contributed by atoms with Gasteiger partial charge in [0.05, 0.1) is 35.6 Å². The highest BCUT2D eigenvalue weighted by molar-refractivity contribution is 7.90. The lowest BCUT2D eigenvalue weighted by molar-refractivity contribution is 0.260. The number of aromatic nitrogens is 5. The lowest BCUT2D eigenvalue weighted by Crippen LogP contribution is -2.33. The van der Waals surface area contributed by atoms with E-state index in [9.17, 15) is 8.42 Å². The average molecular weight is 435 g/mol. The highest BCUT2D eigenvalue weighted by Gasteiger charge is 2.37. The summed E-state index contributed by atoms with van der Waals surface area (Å²) in [6, 6.07) is 8.51. The van der Waals surface area contributed by atoms with E-state index in [-0.39, 0.29) is 11.3 Å². The van der Waals surface area contributed by atoms with Gasteiger partial charge in [0.2, 0.25) is 0 Å². The Hall–Kier alpha value is -3.04. The largest absolute Gasteiger partial charge is 0.344 e. The Morgan fingerprint density at radius 2 is 2.00 bits per heavy atom. The molecule has 6 rings (SSSR count). The minimum absolute atomic E-state index is 0.0302. The van der Waals surface area contributed by atoms with Crippen molar-refractivity contribution in [3.63, 3.8) is 0 Å². The van der Waals surface area contributed by atoms with Crippen LogP contribution in [0.5, 0.6) is 0 Å². The second kappa shape index (κ2) is 6.73. The zero-order valence-electron chi connectivity index (χ0n) is 17.1. The number of H-pyrrole nitrogens is 1. The lowest BCUT2D eigenvalue weighted by Gasteiger charge is -2.34. The molecular formula is C22H22N6O2S. The molecule has 1 fully saturated rings. The van der Waals surface area contributed by atoms with Crippen LogP contribution in [0.1, 0.15) is 35.7 Å². The van der Waals surface area contributed by atoms with Crippen molar-refractivity contribution in [1.29, 1.82) is 0 Å². The van der Waals surface area contributed by atoms with E-state index in [0.717, 1.165) is 33.8 Å². The van der Waals surface area contributed by atoms with Gasteiger partial charge in [-0.05, 0) is 37.4 Å². The first-order valence-corrected chi connectivity index (χ1v) is 11.9. The van der Waals surface area contributed by atoms with Crippen molar-refractivity contribution in [3.8, 4) is 11.1 Å². The van der Waals surface area contributed by atoms with Crippen LogP contribution < -0.4 is 0 Å². The molecule has 4 heterocycles. The highest BCUT2D eigenvalue weighted by Crippen LogP contribution is 2.35. The first kappa shape index (κ1) is 18.7. The summed E-state index contributed by atoms with van der Waals surface area (Å²) < 4.78 is 26.1. The second-order valence-electron chi connectivity index (χ2n) is 8.37. The van der Waals surface area contributed by atoms with Gasteiger partial charge in [0.1, 0.15) is 5.52 Å². The first-order chi connectivity index (χ1) is 15.0. The normalized spacial score (nSPS) is 19.6. The van der Waals surface area contributed by atoms with Gasteiger partial charge >= 0.3 is 0 Å². The summed E-state index contributed by atoms with van der Waals surface area (Å²) in [7, 11) is -1.29. The minimum Gasteiger partial charge on any atom is -0.344 e. The predicted molar refractivity (Wildman–Crippen MR) is 117 cm³/mol. The summed E-state index contributed by atoms with van der Waals surface area (Å²) >= 11 is 0. The summed E-state index contributed by atoms with van der Waals surface area (Å²) in [6.45, 7) is 0.952. The Bertz CT molecular complexity index is 1400. The van der Waals surface area contributed by atoms with Gasteiger partial charge in [0.15, 0.2) is 5.65 Å². The van der Waals surface area contributed by atoms with Crippen LogP contribution in [0.3, 0.4) is 0 Å². The molecule has 2 aliphatic rings. The Morgan fingerprint density at radius 3 is 2.84 bits per heavy atom. The van der Waals surface area contributed by atoms with Crippen molar-refractivity contribution in [2.24, 2.45) is 0 Å². The molecule has 3 aromatic heterocycles. The van der Waals surface area contributed by atoms with E-state index in [1.54, 1.807) is 12.4 Å². The molecule has 0 amide bonds. The van der Waals surface area contributed by atoms with E-state index in [0.29, 0.717) is 24.1 Å². The molecule has 0 saturated heterocycles. The van der Waals surface area contributed by atoms with Crippen LogP contribution >= 0.6 is 0 Å². The van der Waals surface area contributed by atoms with Crippen molar-refractivity contribution in [1.82, 2.24) is 29.0 Å². The van der Waals surface area contributed by atoms with Gasteiger partial charge in [-0.2, -0.15) is 9.19 Å². The molecule has 158 valence electrons. The Morgan fingerprint density at radius 1 is 1.16 bits per heavy atom. The quantitative estimate of drug-likeness (QED) is 0.531. The first-order valence-electron chi connectivity index (χ1n) is 10.4. The number of fused-ring (bicyclic) bond motifs is 2. The molecule has 0 spiro atoms.